The summed E-state index contributed by atoms with van der Waals surface area (Å²) < 4.78 is 0. The lowest BCUT2D eigenvalue weighted by molar-refractivity contribution is -0.122. The number of aryl methyl sites for hydroxylation is 2. The average Bonchev–Trinajstić information content (AvgIpc) is 3.05. The van der Waals surface area contributed by atoms with E-state index >= 15 is 0 Å². The van der Waals surface area contributed by atoms with Crippen molar-refractivity contribution < 1.29 is 4.79 Å². The SMILES string of the molecule is Cc1cccc(C(NC(=O)CC2CCCN2)c2cccc(C)c2)c1.Cl. The van der Waals surface area contributed by atoms with Crippen LogP contribution in [0.3, 0.4) is 0 Å². The molecular formula is C21H27ClN2O. The van der Waals surface area contributed by atoms with Crippen molar-refractivity contribution in [2.24, 2.45) is 0 Å². The Morgan fingerprint density at radius 3 is 2.20 bits per heavy atom. The molecule has 1 aliphatic rings. The van der Waals surface area contributed by atoms with E-state index in [0.29, 0.717) is 12.5 Å². The average molecular weight is 359 g/mol. The molecule has 0 saturated carbocycles. The van der Waals surface area contributed by atoms with Crippen LogP contribution >= 0.6 is 12.4 Å². The highest BCUT2D eigenvalue weighted by Crippen LogP contribution is 2.24. The highest BCUT2D eigenvalue weighted by Gasteiger charge is 2.21. The molecule has 1 amide bonds. The van der Waals surface area contributed by atoms with E-state index in [1.54, 1.807) is 0 Å². The van der Waals surface area contributed by atoms with Crippen molar-refractivity contribution in [2.45, 2.75) is 45.2 Å². The molecule has 0 radical (unpaired) electrons. The minimum absolute atomic E-state index is 0. The summed E-state index contributed by atoms with van der Waals surface area (Å²) in [6.07, 6.45) is 2.80. The largest absolute Gasteiger partial charge is 0.345 e. The van der Waals surface area contributed by atoms with E-state index < -0.39 is 0 Å². The van der Waals surface area contributed by atoms with Gasteiger partial charge in [0.15, 0.2) is 0 Å². The molecule has 0 aromatic heterocycles. The Morgan fingerprint density at radius 1 is 1.12 bits per heavy atom. The van der Waals surface area contributed by atoms with Gasteiger partial charge in [0.05, 0.1) is 6.04 Å². The van der Waals surface area contributed by atoms with Gasteiger partial charge in [-0.3, -0.25) is 4.79 Å². The van der Waals surface area contributed by atoms with Crippen molar-refractivity contribution >= 4 is 18.3 Å². The number of rotatable bonds is 5. The number of carbonyl (C=O) groups is 1. The van der Waals surface area contributed by atoms with Gasteiger partial charge in [-0.15, -0.1) is 12.4 Å². The molecule has 1 saturated heterocycles. The van der Waals surface area contributed by atoms with E-state index in [1.165, 1.54) is 11.1 Å². The number of halogens is 1. The Labute approximate surface area is 156 Å². The zero-order chi connectivity index (χ0) is 16.9. The fourth-order valence-corrected chi connectivity index (χ4v) is 3.43. The number of nitrogens with one attached hydrogen (secondary N) is 2. The lowest BCUT2D eigenvalue weighted by Crippen LogP contribution is -2.34. The van der Waals surface area contributed by atoms with E-state index in [0.717, 1.165) is 30.5 Å². The van der Waals surface area contributed by atoms with Crippen LogP contribution in [0.25, 0.3) is 0 Å². The number of hydrogen-bond donors (Lipinski definition) is 2. The first-order chi connectivity index (χ1) is 11.6. The number of carbonyl (C=O) groups excluding carboxylic acids is 1. The number of amides is 1. The Morgan fingerprint density at radius 2 is 1.72 bits per heavy atom. The van der Waals surface area contributed by atoms with Crippen molar-refractivity contribution in [1.29, 1.82) is 0 Å². The first-order valence-electron chi connectivity index (χ1n) is 8.78. The van der Waals surface area contributed by atoms with Gasteiger partial charge in [-0.05, 0) is 44.4 Å². The van der Waals surface area contributed by atoms with Gasteiger partial charge in [-0.2, -0.15) is 0 Å². The molecular weight excluding hydrogens is 332 g/mol. The van der Waals surface area contributed by atoms with Crippen LogP contribution in [0.1, 0.15) is 47.6 Å². The molecule has 0 spiro atoms. The van der Waals surface area contributed by atoms with Gasteiger partial charge >= 0.3 is 0 Å². The first kappa shape index (κ1) is 19.5. The summed E-state index contributed by atoms with van der Waals surface area (Å²) in [6, 6.07) is 17.0. The van der Waals surface area contributed by atoms with Gasteiger partial charge in [0.2, 0.25) is 5.91 Å². The molecule has 1 unspecified atom stereocenters. The maximum absolute atomic E-state index is 12.6. The van der Waals surface area contributed by atoms with E-state index in [9.17, 15) is 4.79 Å². The Hall–Kier alpha value is -1.84. The van der Waals surface area contributed by atoms with E-state index in [4.69, 9.17) is 0 Å². The Kier molecular flexibility index (Phi) is 7.03. The van der Waals surface area contributed by atoms with Gasteiger partial charge in [0.25, 0.3) is 0 Å². The lowest BCUT2D eigenvalue weighted by atomic mass is 9.96. The normalized spacial score (nSPS) is 16.5. The summed E-state index contributed by atoms with van der Waals surface area (Å²) in [4.78, 5) is 12.6. The van der Waals surface area contributed by atoms with Crippen LogP contribution in [0, 0.1) is 13.8 Å². The number of hydrogen-bond acceptors (Lipinski definition) is 2. The first-order valence-corrected chi connectivity index (χ1v) is 8.78. The molecule has 25 heavy (non-hydrogen) atoms. The lowest BCUT2D eigenvalue weighted by Gasteiger charge is -2.22. The van der Waals surface area contributed by atoms with E-state index in [2.05, 4.69) is 73.0 Å². The monoisotopic (exact) mass is 358 g/mol. The zero-order valence-electron chi connectivity index (χ0n) is 14.9. The zero-order valence-corrected chi connectivity index (χ0v) is 15.7. The Bertz CT molecular complexity index is 665. The van der Waals surface area contributed by atoms with Crippen LogP contribution in [0.4, 0.5) is 0 Å². The maximum Gasteiger partial charge on any atom is 0.222 e. The second kappa shape index (κ2) is 9.02. The molecule has 134 valence electrons. The maximum atomic E-state index is 12.6. The molecule has 2 aromatic carbocycles. The third kappa shape index (κ3) is 5.32. The fraction of sp³-hybridized carbons (Fsp3) is 0.381. The van der Waals surface area contributed by atoms with Crippen LogP contribution in [0.5, 0.6) is 0 Å². The van der Waals surface area contributed by atoms with Crippen LogP contribution < -0.4 is 10.6 Å². The summed E-state index contributed by atoms with van der Waals surface area (Å²) in [5.74, 6) is 0.113. The van der Waals surface area contributed by atoms with Gasteiger partial charge in [-0.25, -0.2) is 0 Å². The smallest absolute Gasteiger partial charge is 0.222 e. The molecule has 1 heterocycles. The van der Waals surface area contributed by atoms with Crippen molar-refractivity contribution in [1.82, 2.24) is 10.6 Å². The van der Waals surface area contributed by atoms with Gasteiger partial charge in [-0.1, -0.05) is 59.7 Å². The van der Waals surface area contributed by atoms with Gasteiger partial charge in [0, 0.05) is 12.5 Å². The molecule has 0 aliphatic carbocycles. The van der Waals surface area contributed by atoms with E-state index in [1.807, 2.05) is 0 Å². The summed E-state index contributed by atoms with van der Waals surface area (Å²) >= 11 is 0. The van der Waals surface area contributed by atoms with Crippen LogP contribution in [-0.4, -0.2) is 18.5 Å². The fourth-order valence-electron chi connectivity index (χ4n) is 3.43. The van der Waals surface area contributed by atoms with E-state index in [-0.39, 0.29) is 24.4 Å². The molecule has 2 aromatic rings. The predicted molar refractivity (Wildman–Crippen MR) is 105 cm³/mol. The van der Waals surface area contributed by atoms with Crippen molar-refractivity contribution in [3.63, 3.8) is 0 Å². The van der Waals surface area contributed by atoms with Crippen LogP contribution in [-0.2, 0) is 4.79 Å². The number of benzene rings is 2. The van der Waals surface area contributed by atoms with Gasteiger partial charge in [0.1, 0.15) is 0 Å². The highest BCUT2D eigenvalue weighted by atomic mass is 35.5. The molecule has 3 nitrogen and oxygen atoms in total. The second-order valence-electron chi connectivity index (χ2n) is 6.83. The third-order valence-corrected chi connectivity index (χ3v) is 4.65. The van der Waals surface area contributed by atoms with Crippen molar-refractivity contribution in [2.75, 3.05) is 6.54 Å². The highest BCUT2D eigenvalue weighted by molar-refractivity contribution is 5.85. The molecule has 2 N–H and O–H groups in total. The van der Waals surface area contributed by atoms with Crippen molar-refractivity contribution in [3.8, 4) is 0 Å². The predicted octanol–water partition coefficient (Wildman–Crippen LogP) is 4.07. The summed E-state index contributed by atoms with van der Waals surface area (Å²) in [5.41, 5.74) is 4.68. The minimum atomic E-state index is -0.0984. The van der Waals surface area contributed by atoms with Crippen LogP contribution in [0.15, 0.2) is 48.5 Å². The quantitative estimate of drug-likeness (QED) is 0.845. The topological polar surface area (TPSA) is 41.1 Å². The van der Waals surface area contributed by atoms with Crippen molar-refractivity contribution in [3.05, 3.63) is 70.8 Å². The second-order valence-corrected chi connectivity index (χ2v) is 6.83. The molecule has 4 heteroatoms. The summed E-state index contributed by atoms with van der Waals surface area (Å²) in [5, 5.41) is 6.65. The standard InChI is InChI=1S/C21H26N2O.ClH/c1-15-6-3-8-17(12-15)21(18-9-4-7-16(2)13-18)23-20(24)14-19-10-5-11-22-19;/h3-4,6-9,12-13,19,21-22H,5,10-11,14H2,1-2H3,(H,23,24);1H. The van der Waals surface area contributed by atoms with Gasteiger partial charge < -0.3 is 10.6 Å². The Balaban J connectivity index is 0.00000225. The third-order valence-electron chi connectivity index (χ3n) is 4.65. The molecule has 1 fully saturated rings. The minimum Gasteiger partial charge on any atom is -0.345 e. The molecule has 3 rings (SSSR count). The summed E-state index contributed by atoms with van der Waals surface area (Å²) in [6.45, 7) is 5.19. The molecule has 1 atom stereocenters. The summed E-state index contributed by atoms with van der Waals surface area (Å²) in [7, 11) is 0. The molecule has 1 aliphatic heterocycles. The molecule has 0 bridgehead atoms. The van der Waals surface area contributed by atoms with Crippen LogP contribution in [0.2, 0.25) is 0 Å².